The number of nitrogens with two attached hydrogens (primary N) is 1. The summed E-state index contributed by atoms with van der Waals surface area (Å²) in [6.07, 6.45) is -0.144. The van der Waals surface area contributed by atoms with Crippen LogP contribution in [0.3, 0.4) is 0 Å². The molecule has 106 valence electrons. The van der Waals surface area contributed by atoms with Crippen molar-refractivity contribution >= 4 is 0 Å². The van der Waals surface area contributed by atoms with Gasteiger partial charge in [0.1, 0.15) is 12.1 Å². The Balaban J connectivity index is 1.76. The van der Waals surface area contributed by atoms with E-state index in [1.54, 1.807) is 0 Å². The molecule has 2 N–H and O–H groups in total. The van der Waals surface area contributed by atoms with Crippen LogP contribution in [0.1, 0.15) is 29.4 Å². The van der Waals surface area contributed by atoms with Gasteiger partial charge in [0.05, 0.1) is 6.61 Å². The van der Waals surface area contributed by atoms with E-state index in [0.717, 1.165) is 18.7 Å². The van der Waals surface area contributed by atoms with Crippen LogP contribution < -0.4 is 5.73 Å². The van der Waals surface area contributed by atoms with Gasteiger partial charge in [-0.05, 0) is 12.6 Å². The lowest BCUT2D eigenvalue weighted by Gasteiger charge is -2.27. The van der Waals surface area contributed by atoms with Crippen molar-refractivity contribution in [2.75, 3.05) is 26.7 Å². The number of hydrogen-bond acceptors (Lipinski definition) is 6. The monoisotopic (exact) mass is 274 g/mol. The van der Waals surface area contributed by atoms with Crippen LogP contribution in [0.5, 0.6) is 0 Å². The third kappa shape index (κ3) is 2.72. The van der Waals surface area contributed by atoms with Gasteiger partial charge in [-0.3, -0.25) is 0 Å². The van der Waals surface area contributed by atoms with E-state index in [9.17, 15) is 0 Å². The second-order valence-electron chi connectivity index (χ2n) is 5.00. The molecule has 0 aliphatic carbocycles. The van der Waals surface area contributed by atoms with Crippen molar-refractivity contribution in [2.45, 2.75) is 12.1 Å². The van der Waals surface area contributed by atoms with E-state index in [-0.39, 0.29) is 6.10 Å². The van der Waals surface area contributed by atoms with Crippen LogP contribution in [0, 0.1) is 0 Å². The smallest absolute Gasteiger partial charge is 0.248 e. The molecular weight excluding hydrogens is 256 g/mol. The predicted octanol–water partition coefficient (Wildman–Crippen LogP) is 1.12. The van der Waals surface area contributed by atoms with Crippen molar-refractivity contribution in [3.05, 3.63) is 47.6 Å². The highest BCUT2D eigenvalue weighted by Gasteiger charge is 2.26. The molecule has 1 aliphatic rings. The number of hydrogen-bond donors (Lipinski definition) is 1. The molecule has 0 radical (unpaired) electrons. The van der Waals surface area contributed by atoms with Crippen LogP contribution in [-0.4, -0.2) is 41.8 Å². The molecule has 2 heterocycles. The van der Waals surface area contributed by atoms with Gasteiger partial charge in [-0.15, -0.1) is 0 Å². The highest BCUT2D eigenvalue weighted by Crippen LogP contribution is 2.22. The lowest BCUT2D eigenvalue weighted by Crippen LogP contribution is -2.35. The molecule has 0 amide bonds. The lowest BCUT2D eigenvalue weighted by atomic mass is 10.1. The molecule has 3 rings (SSSR count). The zero-order chi connectivity index (χ0) is 13.9. The second-order valence-corrected chi connectivity index (χ2v) is 5.00. The topological polar surface area (TPSA) is 77.4 Å². The van der Waals surface area contributed by atoms with Gasteiger partial charge in [0.15, 0.2) is 0 Å². The summed E-state index contributed by atoms with van der Waals surface area (Å²) in [5, 5.41) is 4.00. The van der Waals surface area contributed by atoms with E-state index in [4.69, 9.17) is 15.0 Å². The summed E-state index contributed by atoms with van der Waals surface area (Å²) in [7, 11) is 2.05. The van der Waals surface area contributed by atoms with Crippen molar-refractivity contribution in [3.8, 4) is 0 Å². The first-order valence-corrected chi connectivity index (χ1v) is 6.68. The molecule has 20 heavy (non-hydrogen) atoms. The first-order valence-electron chi connectivity index (χ1n) is 6.68. The SMILES string of the molecule is CN1CCOC(c2noc(C(N)c3ccccc3)n2)C1. The van der Waals surface area contributed by atoms with Gasteiger partial charge in [-0.25, -0.2) is 0 Å². The maximum atomic E-state index is 6.14. The fourth-order valence-electron chi connectivity index (χ4n) is 2.24. The van der Waals surface area contributed by atoms with E-state index in [1.807, 2.05) is 37.4 Å². The molecule has 2 aromatic rings. The van der Waals surface area contributed by atoms with Gasteiger partial charge >= 0.3 is 0 Å². The largest absolute Gasteiger partial charge is 0.367 e. The lowest BCUT2D eigenvalue weighted by molar-refractivity contribution is -0.0264. The molecular formula is C14H18N4O2. The van der Waals surface area contributed by atoms with Crippen molar-refractivity contribution in [3.63, 3.8) is 0 Å². The van der Waals surface area contributed by atoms with Crippen LogP contribution in [0.25, 0.3) is 0 Å². The number of ether oxygens (including phenoxy) is 1. The van der Waals surface area contributed by atoms with E-state index in [1.165, 1.54) is 0 Å². The third-order valence-electron chi connectivity index (χ3n) is 3.44. The molecule has 1 aliphatic heterocycles. The first kappa shape index (κ1) is 13.2. The number of nitrogens with zero attached hydrogens (tertiary/aromatic N) is 3. The standard InChI is InChI=1S/C14H18N4O2/c1-18-7-8-19-11(9-18)13-16-14(20-17-13)12(15)10-5-3-2-4-6-10/h2-6,11-12H,7-9,15H2,1H3. The number of morpholine rings is 1. The minimum Gasteiger partial charge on any atom is -0.367 e. The maximum absolute atomic E-state index is 6.14. The summed E-state index contributed by atoms with van der Waals surface area (Å²) in [5.41, 5.74) is 7.09. The quantitative estimate of drug-likeness (QED) is 0.903. The molecule has 1 aromatic heterocycles. The van der Waals surface area contributed by atoms with Crippen molar-refractivity contribution < 1.29 is 9.26 Å². The van der Waals surface area contributed by atoms with Crippen molar-refractivity contribution in [1.29, 1.82) is 0 Å². The summed E-state index contributed by atoms with van der Waals surface area (Å²) in [6.45, 7) is 2.36. The van der Waals surface area contributed by atoms with E-state index in [2.05, 4.69) is 15.0 Å². The Morgan fingerprint density at radius 3 is 2.90 bits per heavy atom. The first-order chi connectivity index (χ1) is 9.74. The predicted molar refractivity (Wildman–Crippen MR) is 73.0 cm³/mol. The molecule has 2 unspecified atom stereocenters. The molecule has 2 atom stereocenters. The summed E-state index contributed by atoms with van der Waals surface area (Å²) in [4.78, 5) is 6.57. The molecule has 1 aromatic carbocycles. The second kappa shape index (κ2) is 5.70. The minimum atomic E-state index is -0.404. The summed E-state index contributed by atoms with van der Waals surface area (Å²) < 4.78 is 11.0. The van der Waals surface area contributed by atoms with Gasteiger partial charge in [0, 0.05) is 13.1 Å². The Kier molecular flexibility index (Phi) is 3.77. The van der Waals surface area contributed by atoms with Crippen LogP contribution in [0.4, 0.5) is 0 Å². The van der Waals surface area contributed by atoms with Crippen LogP contribution in [0.15, 0.2) is 34.9 Å². The zero-order valence-electron chi connectivity index (χ0n) is 11.4. The highest BCUT2D eigenvalue weighted by atomic mass is 16.5. The van der Waals surface area contributed by atoms with Gasteiger partial charge in [-0.2, -0.15) is 4.98 Å². The van der Waals surface area contributed by atoms with Crippen LogP contribution in [0.2, 0.25) is 0 Å². The molecule has 6 heteroatoms. The molecule has 6 nitrogen and oxygen atoms in total. The average Bonchev–Trinajstić information content (AvgIpc) is 2.97. The van der Waals surface area contributed by atoms with Gasteiger partial charge in [0.2, 0.25) is 11.7 Å². The Morgan fingerprint density at radius 1 is 1.35 bits per heavy atom. The Labute approximate surface area is 117 Å². The van der Waals surface area contributed by atoms with E-state index < -0.39 is 6.04 Å². The van der Waals surface area contributed by atoms with E-state index >= 15 is 0 Å². The summed E-state index contributed by atoms with van der Waals surface area (Å²) in [6, 6.07) is 9.30. The van der Waals surface area contributed by atoms with Crippen LogP contribution in [-0.2, 0) is 4.74 Å². The fraction of sp³-hybridized carbons (Fsp3) is 0.429. The number of benzene rings is 1. The zero-order valence-corrected chi connectivity index (χ0v) is 11.4. The summed E-state index contributed by atoms with van der Waals surface area (Å²) in [5.74, 6) is 0.987. The van der Waals surface area contributed by atoms with Gasteiger partial charge in [0.25, 0.3) is 0 Å². The Hall–Kier alpha value is -1.76. The van der Waals surface area contributed by atoms with Gasteiger partial charge < -0.3 is 19.9 Å². The maximum Gasteiger partial charge on any atom is 0.248 e. The number of rotatable bonds is 3. The molecule has 1 saturated heterocycles. The average molecular weight is 274 g/mol. The Morgan fingerprint density at radius 2 is 2.15 bits per heavy atom. The van der Waals surface area contributed by atoms with Crippen molar-refractivity contribution in [2.24, 2.45) is 5.73 Å². The third-order valence-corrected chi connectivity index (χ3v) is 3.44. The van der Waals surface area contributed by atoms with E-state index in [0.29, 0.717) is 18.3 Å². The molecule has 0 spiro atoms. The molecule has 0 bridgehead atoms. The van der Waals surface area contributed by atoms with Crippen molar-refractivity contribution in [1.82, 2.24) is 15.0 Å². The summed E-state index contributed by atoms with van der Waals surface area (Å²) >= 11 is 0. The highest BCUT2D eigenvalue weighted by molar-refractivity contribution is 5.23. The fourth-order valence-corrected chi connectivity index (χ4v) is 2.24. The van der Waals surface area contributed by atoms with Gasteiger partial charge in [-0.1, -0.05) is 35.5 Å². The normalized spacial score (nSPS) is 21.8. The number of aromatic nitrogens is 2. The minimum absolute atomic E-state index is 0.144. The Bertz CT molecular complexity index is 557. The number of likely N-dealkylation sites (N-methyl/N-ethyl adjacent to an activating group) is 1. The molecule has 1 fully saturated rings. The van der Waals surface area contributed by atoms with Crippen LogP contribution >= 0.6 is 0 Å². The molecule has 0 saturated carbocycles.